The van der Waals surface area contributed by atoms with Crippen molar-refractivity contribution < 1.29 is 32.4 Å². The third-order valence-corrected chi connectivity index (χ3v) is 5.51. The Bertz CT molecular complexity index is 829. The highest BCUT2D eigenvalue weighted by Crippen LogP contribution is 2.26. The summed E-state index contributed by atoms with van der Waals surface area (Å²) >= 11 is -2.08. The minimum atomic E-state index is -3.47. The third-order valence-electron chi connectivity index (χ3n) is 4.20. The maximum absolute atomic E-state index is 14.4. The quantitative estimate of drug-likeness (QED) is 0.490. The first-order valence-electron chi connectivity index (χ1n) is 9.00. The lowest BCUT2D eigenvalue weighted by molar-refractivity contribution is -0.0437. The number of alkyl carbamates (subject to hydrolysis) is 1. The lowest BCUT2D eigenvalue weighted by Crippen LogP contribution is -2.52. The summed E-state index contributed by atoms with van der Waals surface area (Å²) in [6, 6.07) is 14.4. The van der Waals surface area contributed by atoms with E-state index in [4.69, 9.17) is 9.84 Å². The smallest absolute Gasteiger partial charge is 0.408 e. The number of hydrogen-bond acceptors (Lipinski definition) is 5. The molecule has 0 saturated carbocycles. The number of ether oxygens (including phenoxy) is 1. The van der Waals surface area contributed by atoms with E-state index in [1.165, 1.54) is 31.2 Å². The first-order valence-corrected chi connectivity index (χ1v) is 10.3. The van der Waals surface area contributed by atoms with Gasteiger partial charge in [-0.2, -0.15) is 0 Å². The Morgan fingerprint density at radius 1 is 1.17 bits per heavy atom. The molecule has 0 spiro atoms. The molecule has 10 heteroatoms. The second-order valence-electron chi connectivity index (χ2n) is 6.82. The molecule has 2 aromatic rings. The van der Waals surface area contributed by atoms with E-state index >= 15 is 0 Å². The van der Waals surface area contributed by atoms with Crippen LogP contribution in [0.4, 0.5) is 18.0 Å². The fraction of sp³-hybridized carbons (Fsp3) is 0.350. The minimum absolute atomic E-state index is 0.0192. The van der Waals surface area contributed by atoms with Gasteiger partial charge in [-0.15, -0.1) is 4.72 Å². The van der Waals surface area contributed by atoms with Gasteiger partial charge in [-0.3, -0.25) is 0 Å². The van der Waals surface area contributed by atoms with E-state index in [-0.39, 0.29) is 12.2 Å². The number of nitrogens with one attached hydrogen (secondary N) is 2. The van der Waals surface area contributed by atoms with Crippen molar-refractivity contribution in [3.05, 3.63) is 71.5 Å². The molecule has 0 fully saturated rings. The van der Waals surface area contributed by atoms with Crippen molar-refractivity contribution in [2.75, 3.05) is 18.9 Å². The lowest BCUT2D eigenvalue weighted by atomic mass is 9.94. The van der Waals surface area contributed by atoms with E-state index in [1.54, 1.807) is 30.3 Å². The Labute approximate surface area is 175 Å². The van der Waals surface area contributed by atoms with Crippen molar-refractivity contribution in [2.24, 2.45) is 0 Å². The monoisotopic (exact) mass is 444 g/mol. The van der Waals surface area contributed by atoms with Crippen LogP contribution in [0.3, 0.4) is 0 Å². The third kappa shape index (κ3) is 7.21. The zero-order chi connectivity index (χ0) is 22.2. The number of aliphatic hydroxyl groups is 1. The molecule has 2 atom stereocenters. The van der Waals surface area contributed by atoms with E-state index in [0.29, 0.717) is 0 Å². The molecular formula is C20H23F3N2O4S. The van der Waals surface area contributed by atoms with E-state index < -0.39 is 53.6 Å². The summed E-state index contributed by atoms with van der Waals surface area (Å²) in [6.07, 6.45) is -0.887. The van der Waals surface area contributed by atoms with Crippen molar-refractivity contribution >= 4 is 17.5 Å². The van der Waals surface area contributed by atoms with Gasteiger partial charge < -0.3 is 19.7 Å². The second-order valence-corrected chi connectivity index (χ2v) is 8.09. The van der Waals surface area contributed by atoms with Crippen LogP contribution in [0.15, 0.2) is 54.6 Å². The van der Waals surface area contributed by atoms with Crippen LogP contribution < -0.4 is 10.0 Å². The molecule has 3 N–H and O–H groups in total. The van der Waals surface area contributed by atoms with Gasteiger partial charge in [0, 0.05) is 16.9 Å². The number of benzene rings is 2. The highest BCUT2D eigenvalue weighted by atomic mass is 32.2. The van der Waals surface area contributed by atoms with Crippen molar-refractivity contribution in [3.8, 4) is 0 Å². The first-order chi connectivity index (χ1) is 14.1. The first kappa shape index (κ1) is 24.0. The standard InChI is InChI=1S/C20H23F3N2O4S/c1-19(16-9-5-6-10-17(16)21,14-30(28)24-12-20(22,23)13-26)25-18(27)29-11-15-7-3-2-4-8-15/h2-10,24,26H,11-14H2,1H3,(H,25,27). The number of aliphatic hydroxyl groups excluding tert-OH is 1. The molecule has 30 heavy (non-hydrogen) atoms. The Hall–Kier alpha value is -2.27. The van der Waals surface area contributed by atoms with Gasteiger partial charge in [-0.1, -0.05) is 48.5 Å². The van der Waals surface area contributed by atoms with Crippen LogP contribution in [0, 0.1) is 5.82 Å². The van der Waals surface area contributed by atoms with E-state index in [0.717, 1.165) is 5.56 Å². The molecule has 0 aliphatic heterocycles. The largest absolute Gasteiger partial charge is 0.598 e. The van der Waals surface area contributed by atoms with Crippen LogP contribution >= 0.6 is 0 Å². The van der Waals surface area contributed by atoms with E-state index in [1.807, 2.05) is 0 Å². The zero-order valence-electron chi connectivity index (χ0n) is 16.2. The predicted molar refractivity (Wildman–Crippen MR) is 107 cm³/mol. The Balaban J connectivity index is 2.11. The second kappa shape index (κ2) is 10.7. The normalized spacial score (nSPS) is 14.6. The summed E-state index contributed by atoms with van der Waals surface area (Å²) in [6.45, 7) is -1.07. The molecule has 1 amide bonds. The summed E-state index contributed by atoms with van der Waals surface area (Å²) in [5, 5.41) is 11.1. The fourth-order valence-electron chi connectivity index (χ4n) is 2.63. The van der Waals surface area contributed by atoms with Crippen LogP contribution in [-0.2, 0) is 28.2 Å². The average Bonchev–Trinajstić information content (AvgIpc) is 2.72. The Kier molecular flexibility index (Phi) is 8.54. The van der Waals surface area contributed by atoms with Crippen molar-refractivity contribution in [3.63, 3.8) is 0 Å². The number of alkyl halides is 2. The molecule has 2 unspecified atom stereocenters. The highest BCUT2D eigenvalue weighted by molar-refractivity contribution is 7.89. The van der Waals surface area contributed by atoms with Gasteiger partial charge in [0.1, 0.15) is 31.1 Å². The molecule has 0 aliphatic carbocycles. The summed E-state index contributed by atoms with van der Waals surface area (Å²) in [5.41, 5.74) is -0.770. The van der Waals surface area contributed by atoms with Crippen LogP contribution in [0.2, 0.25) is 0 Å². The van der Waals surface area contributed by atoms with Gasteiger partial charge >= 0.3 is 6.09 Å². The number of carbonyl (C=O) groups excluding carboxylic acids is 1. The SMILES string of the molecule is CC(C[S+]([O-])NCC(F)(F)CO)(NC(=O)OCc1ccccc1)c1ccccc1F. The summed E-state index contributed by atoms with van der Waals surface area (Å²) in [4.78, 5) is 12.3. The average molecular weight is 444 g/mol. The van der Waals surface area contributed by atoms with Gasteiger partial charge in [0.05, 0.1) is 0 Å². The minimum Gasteiger partial charge on any atom is -0.598 e. The topological polar surface area (TPSA) is 93.6 Å². The van der Waals surface area contributed by atoms with Gasteiger partial charge in [0.15, 0.2) is 5.75 Å². The van der Waals surface area contributed by atoms with Gasteiger partial charge in [0.2, 0.25) is 0 Å². The molecular weight excluding hydrogens is 421 g/mol. The van der Waals surface area contributed by atoms with Crippen LogP contribution in [0.5, 0.6) is 0 Å². The fourth-order valence-corrected chi connectivity index (χ4v) is 3.86. The molecule has 2 aromatic carbocycles. The maximum Gasteiger partial charge on any atom is 0.408 e. The molecule has 2 rings (SSSR count). The Morgan fingerprint density at radius 2 is 1.80 bits per heavy atom. The summed E-state index contributed by atoms with van der Waals surface area (Å²) in [5.74, 6) is -4.55. The van der Waals surface area contributed by atoms with E-state index in [9.17, 15) is 22.5 Å². The number of amides is 1. The van der Waals surface area contributed by atoms with Crippen molar-refractivity contribution in [1.29, 1.82) is 0 Å². The number of rotatable bonds is 10. The van der Waals surface area contributed by atoms with E-state index in [2.05, 4.69) is 10.0 Å². The number of carbonyl (C=O) groups is 1. The van der Waals surface area contributed by atoms with Crippen LogP contribution in [-0.4, -0.2) is 40.6 Å². The van der Waals surface area contributed by atoms with Crippen LogP contribution in [0.25, 0.3) is 0 Å². The molecule has 0 radical (unpaired) electrons. The highest BCUT2D eigenvalue weighted by Gasteiger charge is 2.38. The molecule has 164 valence electrons. The molecule has 0 aliphatic rings. The lowest BCUT2D eigenvalue weighted by Gasteiger charge is -2.31. The van der Waals surface area contributed by atoms with Gasteiger partial charge in [-0.25, -0.2) is 18.0 Å². The maximum atomic E-state index is 14.4. The summed E-state index contributed by atoms with van der Waals surface area (Å²) in [7, 11) is 0. The summed E-state index contributed by atoms with van der Waals surface area (Å²) < 4.78 is 60.4. The van der Waals surface area contributed by atoms with Crippen molar-refractivity contribution in [2.45, 2.75) is 25.0 Å². The van der Waals surface area contributed by atoms with Crippen LogP contribution in [0.1, 0.15) is 18.1 Å². The molecule has 6 nitrogen and oxygen atoms in total. The Morgan fingerprint density at radius 3 is 2.43 bits per heavy atom. The zero-order valence-corrected chi connectivity index (χ0v) is 17.1. The molecule has 0 heterocycles. The number of hydrogen-bond donors (Lipinski definition) is 3. The van der Waals surface area contributed by atoms with Gasteiger partial charge in [0.25, 0.3) is 5.92 Å². The van der Waals surface area contributed by atoms with Crippen molar-refractivity contribution in [1.82, 2.24) is 10.0 Å². The molecule has 0 bridgehead atoms. The van der Waals surface area contributed by atoms with Gasteiger partial charge in [-0.05, 0) is 18.6 Å². The predicted octanol–water partition coefficient (Wildman–Crippen LogP) is 2.85. The molecule has 0 aromatic heterocycles. The number of halogens is 3. The molecule has 0 saturated heterocycles.